The van der Waals surface area contributed by atoms with Crippen molar-refractivity contribution >= 4 is 0 Å². The highest BCUT2D eigenvalue weighted by atomic mass is 16.5. The zero-order chi connectivity index (χ0) is 13.2. The molecule has 1 aromatic carbocycles. The standard InChI is InChI=1S/C15H19N3O/c1-19-12-6-4-11(5-7-12)15-13-3-2-10-18(13)14(17-15)8-9-16/h4-7H,2-3,8-10,16H2,1H3. The first kappa shape index (κ1) is 12.2. The van der Waals surface area contributed by atoms with E-state index in [1.165, 1.54) is 12.1 Å². The van der Waals surface area contributed by atoms with E-state index in [-0.39, 0.29) is 0 Å². The van der Waals surface area contributed by atoms with Gasteiger partial charge in [0.15, 0.2) is 0 Å². The Balaban J connectivity index is 2.02. The molecule has 1 aliphatic rings. The van der Waals surface area contributed by atoms with Gasteiger partial charge in [0.1, 0.15) is 11.6 Å². The molecule has 0 saturated carbocycles. The third kappa shape index (κ3) is 2.12. The minimum atomic E-state index is 0.651. The van der Waals surface area contributed by atoms with Crippen LogP contribution in [-0.2, 0) is 19.4 Å². The molecule has 100 valence electrons. The molecule has 0 bridgehead atoms. The van der Waals surface area contributed by atoms with Crippen molar-refractivity contribution in [1.29, 1.82) is 0 Å². The van der Waals surface area contributed by atoms with Crippen LogP contribution < -0.4 is 10.5 Å². The van der Waals surface area contributed by atoms with Crippen LogP contribution in [0, 0.1) is 0 Å². The van der Waals surface area contributed by atoms with E-state index in [2.05, 4.69) is 16.7 Å². The second-order valence-electron chi connectivity index (χ2n) is 4.85. The molecule has 19 heavy (non-hydrogen) atoms. The average molecular weight is 257 g/mol. The molecular weight excluding hydrogens is 238 g/mol. The van der Waals surface area contributed by atoms with Crippen molar-refractivity contribution in [1.82, 2.24) is 9.55 Å². The number of fused-ring (bicyclic) bond motifs is 1. The second-order valence-corrected chi connectivity index (χ2v) is 4.85. The van der Waals surface area contributed by atoms with Crippen molar-refractivity contribution in [3.05, 3.63) is 35.8 Å². The molecule has 4 heteroatoms. The number of nitrogens with zero attached hydrogens (tertiary/aromatic N) is 2. The van der Waals surface area contributed by atoms with E-state index < -0.39 is 0 Å². The number of methoxy groups -OCH3 is 1. The zero-order valence-electron chi connectivity index (χ0n) is 11.2. The van der Waals surface area contributed by atoms with Gasteiger partial charge in [0.05, 0.1) is 12.8 Å². The second kappa shape index (κ2) is 5.05. The maximum absolute atomic E-state index is 5.67. The lowest BCUT2D eigenvalue weighted by atomic mass is 10.1. The Morgan fingerprint density at radius 1 is 1.32 bits per heavy atom. The molecule has 0 saturated heterocycles. The summed E-state index contributed by atoms with van der Waals surface area (Å²) in [7, 11) is 1.68. The topological polar surface area (TPSA) is 53.1 Å². The highest BCUT2D eigenvalue weighted by Gasteiger charge is 2.21. The Labute approximate surface area is 113 Å². The molecule has 0 aliphatic carbocycles. The summed E-state index contributed by atoms with van der Waals surface area (Å²) in [6.07, 6.45) is 3.17. The summed E-state index contributed by atoms with van der Waals surface area (Å²) in [5, 5.41) is 0. The molecule has 0 radical (unpaired) electrons. The van der Waals surface area contributed by atoms with Gasteiger partial charge in [-0.3, -0.25) is 0 Å². The highest BCUT2D eigenvalue weighted by Crippen LogP contribution is 2.30. The van der Waals surface area contributed by atoms with Crippen LogP contribution in [0.2, 0.25) is 0 Å². The summed E-state index contributed by atoms with van der Waals surface area (Å²) in [5.41, 5.74) is 9.30. The third-order valence-corrected chi connectivity index (χ3v) is 3.68. The molecular formula is C15H19N3O. The normalized spacial score (nSPS) is 13.6. The van der Waals surface area contributed by atoms with E-state index in [9.17, 15) is 0 Å². The summed E-state index contributed by atoms with van der Waals surface area (Å²) >= 11 is 0. The number of aromatic nitrogens is 2. The Morgan fingerprint density at radius 3 is 2.79 bits per heavy atom. The van der Waals surface area contributed by atoms with Gasteiger partial charge in [0.25, 0.3) is 0 Å². The third-order valence-electron chi connectivity index (χ3n) is 3.68. The summed E-state index contributed by atoms with van der Waals surface area (Å²) in [6.45, 7) is 1.73. The molecule has 2 heterocycles. The maximum Gasteiger partial charge on any atom is 0.118 e. The lowest BCUT2D eigenvalue weighted by Gasteiger charge is -2.02. The van der Waals surface area contributed by atoms with Crippen LogP contribution in [0.25, 0.3) is 11.3 Å². The fourth-order valence-electron chi connectivity index (χ4n) is 2.76. The minimum absolute atomic E-state index is 0.651. The molecule has 2 N–H and O–H groups in total. The van der Waals surface area contributed by atoms with E-state index in [1.54, 1.807) is 7.11 Å². The van der Waals surface area contributed by atoms with Gasteiger partial charge in [-0.05, 0) is 43.7 Å². The van der Waals surface area contributed by atoms with Gasteiger partial charge in [-0.1, -0.05) is 0 Å². The molecule has 0 spiro atoms. The van der Waals surface area contributed by atoms with Crippen LogP contribution in [0.1, 0.15) is 17.9 Å². The van der Waals surface area contributed by atoms with Crippen molar-refractivity contribution in [3.63, 3.8) is 0 Å². The van der Waals surface area contributed by atoms with E-state index in [0.29, 0.717) is 6.54 Å². The predicted molar refractivity (Wildman–Crippen MR) is 75.3 cm³/mol. The summed E-state index contributed by atoms with van der Waals surface area (Å²) in [6, 6.07) is 8.12. The maximum atomic E-state index is 5.67. The molecule has 1 aromatic heterocycles. The SMILES string of the molecule is COc1ccc(-c2nc(CCN)n3c2CCC3)cc1. The van der Waals surface area contributed by atoms with Gasteiger partial charge in [0, 0.05) is 24.2 Å². The van der Waals surface area contributed by atoms with Gasteiger partial charge in [0.2, 0.25) is 0 Å². The average Bonchev–Trinajstić information content (AvgIpc) is 3.03. The first-order valence-electron chi connectivity index (χ1n) is 6.76. The number of ether oxygens (including phenoxy) is 1. The predicted octanol–water partition coefficient (Wildman–Crippen LogP) is 2.01. The van der Waals surface area contributed by atoms with Crippen molar-refractivity contribution in [2.75, 3.05) is 13.7 Å². The van der Waals surface area contributed by atoms with E-state index >= 15 is 0 Å². The molecule has 0 unspecified atom stereocenters. The van der Waals surface area contributed by atoms with Gasteiger partial charge >= 0.3 is 0 Å². The Bertz CT molecular complexity index is 572. The van der Waals surface area contributed by atoms with Crippen molar-refractivity contribution in [2.45, 2.75) is 25.8 Å². The van der Waals surface area contributed by atoms with Crippen LogP contribution >= 0.6 is 0 Å². The number of hydrogen-bond donors (Lipinski definition) is 1. The van der Waals surface area contributed by atoms with Crippen LogP contribution in [0.5, 0.6) is 5.75 Å². The van der Waals surface area contributed by atoms with Gasteiger partial charge in [-0.15, -0.1) is 0 Å². The first-order valence-corrected chi connectivity index (χ1v) is 6.76. The quantitative estimate of drug-likeness (QED) is 0.911. The van der Waals surface area contributed by atoms with Crippen LogP contribution in [-0.4, -0.2) is 23.2 Å². The first-order chi connectivity index (χ1) is 9.33. The lowest BCUT2D eigenvalue weighted by Crippen LogP contribution is -2.08. The van der Waals surface area contributed by atoms with Gasteiger partial charge < -0.3 is 15.0 Å². The monoisotopic (exact) mass is 257 g/mol. The Kier molecular flexibility index (Phi) is 3.25. The van der Waals surface area contributed by atoms with Crippen LogP contribution in [0.3, 0.4) is 0 Å². The largest absolute Gasteiger partial charge is 0.497 e. The fraction of sp³-hybridized carbons (Fsp3) is 0.400. The zero-order valence-corrected chi connectivity index (χ0v) is 11.2. The number of benzene rings is 1. The van der Waals surface area contributed by atoms with Crippen LogP contribution in [0.15, 0.2) is 24.3 Å². The van der Waals surface area contributed by atoms with Crippen molar-refractivity contribution in [2.24, 2.45) is 5.73 Å². The van der Waals surface area contributed by atoms with E-state index in [0.717, 1.165) is 42.2 Å². The van der Waals surface area contributed by atoms with Gasteiger partial charge in [-0.2, -0.15) is 0 Å². The molecule has 0 fully saturated rings. The Morgan fingerprint density at radius 2 is 2.11 bits per heavy atom. The molecule has 0 atom stereocenters. The highest BCUT2D eigenvalue weighted by molar-refractivity contribution is 5.64. The molecule has 1 aliphatic heterocycles. The van der Waals surface area contributed by atoms with Crippen molar-refractivity contribution < 1.29 is 4.74 Å². The lowest BCUT2D eigenvalue weighted by molar-refractivity contribution is 0.415. The molecule has 0 amide bonds. The number of imidazole rings is 1. The summed E-state index contributed by atoms with van der Waals surface area (Å²) in [4.78, 5) is 4.79. The van der Waals surface area contributed by atoms with Crippen molar-refractivity contribution in [3.8, 4) is 17.0 Å². The number of rotatable bonds is 4. The Hall–Kier alpha value is -1.81. The van der Waals surface area contributed by atoms with E-state index in [4.69, 9.17) is 15.5 Å². The summed E-state index contributed by atoms with van der Waals surface area (Å²) < 4.78 is 7.54. The molecule has 3 rings (SSSR count). The van der Waals surface area contributed by atoms with Gasteiger partial charge in [-0.25, -0.2) is 4.98 Å². The smallest absolute Gasteiger partial charge is 0.118 e. The molecule has 2 aromatic rings. The minimum Gasteiger partial charge on any atom is -0.497 e. The molecule has 4 nitrogen and oxygen atoms in total. The van der Waals surface area contributed by atoms with E-state index in [1.807, 2.05) is 12.1 Å². The van der Waals surface area contributed by atoms with Crippen LogP contribution in [0.4, 0.5) is 0 Å². The number of nitrogens with two attached hydrogens (primary N) is 1. The fourth-order valence-corrected chi connectivity index (χ4v) is 2.76. The number of hydrogen-bond acceptors (Lipinski definition) is 3. The summed E-state index contributed by atoms with van der Waals surface area (Å²) in [5.74, 6) is 2.00.